The minimum Gasteiger partial charge on any atom is -0.471 e. The van der Waals surface area contributed by atoms with E-state index in [4.69, 9.17) is 22.1 Å². The second-order valence-electron chi connectivity index (χ2n) is 6.58. The van der Waals surface area contributed by atoms with Crippen LogP contribution in [-0.4, -0.2) is 32.4 Å². The minimum absolute atomic E-state index is 0.0560. The molecule has 2 heterocycles. The van der Waals surface area contributed by atoms with E-state index in [9.17, 15) is 18.4 Å². The summed E-state index contributed by atoms with van der Waals surface area (Å²) in [6.45, 7) is 0.630. The molecule has 3 amide bonds. The van der Waals surface area contributed by atoms with Gasteiger partial charge < -0.3 is 20.4 Å². The maximum Gasteiger partial charge on any atom is 0.319 e. The number of aromatic nitrogens is 3. The van der Waals surface area contributed by atoms with Gasteiger partial charge in [0.1, 0.15) is 28.8 Å². The fourth-order valence-electron chi connectivity index (χ4n) is 2.71. The van der Waals surface area contributed by atoms with Gasteiger partial charge in [-0.15, -0.1) is 0 Å². The largest absolute Gasteiger partial charge is 0.471 e. The van der Waals surface area contributed by atoms with Gasteiger partial charge in [0.2, 0.25) is 5.88 Å². The summed E-state index contributed by atoms with van der Waals surface area (Å²) in [5.74, 6) is -2.97. The van der Waals surface area contributed by atoms with Crippen molar-refractivity contribution in [3.05, 3.63) is 58.6 Å². The molecule has 170 valence electrons. The van der Waals surface area contributed by atoms with Gasteiger partial charge in [-0.3, -0.25) is 10.1 Å². The van der Waals surface area contributed by atoms with Crippen molar-refractivity contribution in [2.75, 3.05) is 11.9 Å². The number of nitrogens with two attached hydrogens (primary N) is 1. The van der Waals surface area contributed by atoms with E-state index in [1.165, 1.54) is 0 Å². The highest BCUT2D eigenvalue weighted by Crippen LogP contribution is 2.31. The molecule has 3 aromatic rings. The summed E-state index contributed by atoms with van der Waals surface area (Å²) in [5, 5.41) is 5.11. The highest BCUT2D eigenvalue weighted by molar-refractivity contribution is 7.11. The van der Waals surface area contributed by atoms with E-state index in [-0.39, 0.29) is 27.0 Å². The number of ether oxygens (including phenoxy) is 1. The summed E-state index contributed by atoms with van der Waals surface area (Å²) in [7, 11) is 0. The van der Waals surface area contributed by atoms with Gasteiger partial charge in [0, 0.05) is 30.5 Å². The summed E-state index contributed by atoms with van der Waals surface area (Å²) in [4.78, 5) is 27.9. The molecule has 2 aromatic heterocycles. The van der Waals surface area contributed by atoms with Crippen LogP contribution >= 0.6 is 23.1 Å². The molecule has 0 fully saturated rings. The van der Waals surface area contributed by atoms with Gasteiger partial charge in [-0.25, -0.2) is 18.6 Å². The van der Waals surface area contributed by atoms with Gasteiger partial charge in [0.15, 0.2) is 0 Å². The van der Waals surface area contributed by atoms with Gasteiger partial charge in [-0.05, 0) is 36.5 Å². The van der Waals surface area contributed by atoms with E-state index < -0.39 is 30.2 Å². The molecule has 0 saturated heterocycles. The van der Waals surface area contributed by atoms with Crippen molar-refractivity contribution in [2.24, 2.45) is 5.73 Å². The molecule has 3 rings (SSSR count). The third kappa shape index (κ3) is 6.14. The number of nitrogens with zero attached hydrogens (tertiary/aromatic N) is 3. The number of hydrogen-bond acceptors (Lipinski definition) is 6. The molecule has 0 aliphatic rings. The summed E-state index contributed by atoms with van der Waals surface area (Å²) in [6.07, 6.45) is 6.82. The first-order chi connectivity index (χ1) is 15.3. The van der Waals surface area contributed by atoms with E-state index in [1.54, 1.807) is 12.5 Å². The fraction of sp³-hybridized carbons (Fsp3) is 0.263. The Balaban J connectivity index is 1.55. The zero-order valence-electron chi connectivity index (χ0n) is 16.6. The molecule has 9 nitrogen and oxygen atoms in total. The lowest BCUT2D eigenvalue weighted by Gasteiger charge is -2.09. The van der Waals surface area contributed by atoms with Crippen molar-refractivity contribution < 1.29 is 23.1 Å². The molecule has 0 bridgehead atoms. The van der Waals surface area contributed by atoms with Gasteiger partial charge >= 0.3 is 6.03 Å². The van der Waals surface area contributed by atoms with Crippen molar-refractivity contribution in [2.45, 2.75) is 26.0 Å². The first kappa shape index (κ1) is 23.4. The monoisotopic (exact) mass is 484 g/mol. The number of rotatable bonds is 10. The lowest BCUT2D eigenvalue weighted by Crippen LogP contribution is -2.30. The maximum absolute atomic E-state index is 13.9. The van der Waals surface area contributed by atoms with E-state index >= 15 is 0 Å². The van der Waals surface area contributed by atoms with Gasteiger partial charge in [0.05, 0.1) is 11.9 Å². The van der Waals surface area contributed by atoms with Crippen LogP contribution in [0.1, 0.15) is 28.8 Å². The Morgan fingerprint density at radius 3 is 2.66 bits per heavy atom. The topological polar surface area (TPSA) is 124 Å². The van der Waals surface area contributed by atoms with E-state index in [2.05, 4.69) is 20.0 Å². The first-order valence-corrected chi connectivity index (χ1v) is 10.6. The molecule has 13 heteroatoms. The maximum atomic E-state index is 13.9. The highest BCUT2D eigenvalue weighted by atomic mass is 35.5. The second kappa shape index (κ2) is 10.9. The fourth-order valence-corrected chi connectivity index (χ4v) is 3.64. The lowest BCUT2D eigenvalue weighted by atomic mass is 10.2. The van der Waals surface area contributed by atoms with Crippen LogP contribution in [0.5, 0.6) is 5.88 Å². The normalized spacial score (nSPS) is 10.7. The number of amides is 3. The summed E-state index contributed by atoms with van der Waals surface area (Å²) >= 11 is 6.35. The molecule has 0 unspecified atom stereocenters. The quantitative estimate of drug-likeness (QED) is 0.379. The second-order valence-corrected chi connectivity index (χ2v) is 7.79. The van der Waals surface area contributed by atoms with E-state index in [0.29, 0.717) is 6.54 Å². The predicted octanol–water partition coefficient (Wildman–Crippen LogP) is 3.55. The first-order valence-electron chi connectivity index (χ1n) is 9.41. The summed E-state index contributed by atoms with van der Waals surface area (Å²) in [6, 6.07) is 1.32. The Labute approximate surface area is 190 Å². The smallest absolute Gasteiger partial charge is 0.319 e. The summed E-state index contributed by atoms with van der Waals surface area (Å²) < 4.78 is 39.0. The number of urea groups is 1. The molecule has 0 saturated carbocycles. The Kier molecular flexibility index (Phi) is 7.95. The third-order valence-corrected chi connectivity index (χ3v) is 5.25. The Morgan fingerprint density at radius 1 is 1.25 bits per heavy atom. The van der Waals surface area contributed by atoms with Gasteiger partial charge in [-0.1, -0.05) is 11.6 Å². The molecular weight excluding hydrogens is 466 g/mol. The molecule has 32 heavy (non-hydrogen) atoms. The van der Waals surface area contributed by atoms with Crippen LogP contribution in [0.4, 0.5) is 18.6 Å². The van der Waals surface area contributed by atoms with Gasteiger partial charge in [0.25, 0.3) is 5.91 Å². The Morgan fingerprint density at radius 2 is 2.00 bits per heavy atom. The molecular formula is C19H19ClF2N6O3S. The number of anilines is 1. The molecule has 0 atom stereocenters. The van der Waals surface area contributed by atoms with Crippen LogP contribution < -0.4 is 21.1 Å². The molecule has 0 radical (unpaired) electrons. The number of carbonyl (C=O) groups is 2. The highest BCUT2D eigenvalue weighted by Gasteiger charge is 2.23. The van der Waals surface area contributed by atoms with Crippen molar-refractivity contribution in [3.63, 3.8) is 0 Å². The van der Waals surface area contributed by atoms with Crippen molar-refractivity contribution in [1.82, 2.24) is 19.2 Å². The lowest BCUT2D eigenvalue weighted by molar-refractivity contribution is 0.0996. The summed E-state index contributed by atoms with van der Waals surface area (Å²) in [5.41, 5.74) is 4.79. The number of carbonyl (C=O) groups excluding carboxylic acids is 2. The average molecular weight is 485 g/mol. The number of aryl methyl sites for hydroxylation is 1. The van der Waals surface area contributed by atoms with Crippen LogP contribution in [-0.2, 0) is 13.2 Å². The van der Waals surface area contributed by atoms with E-state index in [1.807, 2.05) is 10.8 Å². The number of nitrogens with one attached hydrogen (secondary N) is 2. The van der Waals surface area contributed by atoms with Crippen LogP contribution in [0, 0.1) is 11.6 Å². The zero-order chi connectivity index (χ0) is 23.1. The van der Waals surface area contributed by atoms with Crippen LogP contribution in [0.15, 0.2) is 30.9 Å². The Hall–Kier alpha value is -3.25. The molecule has 0 spiro atoms. The number of primary amides is 1. The minimum atomic E-state index is -0.915. The number of imidazole rings is 1. The molecule has 0 aliphatic carbocycles. The van der Waals surface area contributed by atoms with Crippen LogP contribution in [0.3, 0.4) is 0 Å². The van der Waals surface area contributed by atoms with Crippen molar-refractivity contribution >= 4 is 40.1 Å². The van der Waals surface area contributed by atoms with Crippen LogP contribution in [0.25, 0.3) is 0 Å². The molecule has 4 N–H and O–H groups in total. The van der Waals surface area contributed by atoms with Crippen molar-refractivity contribution in [3.8, 4) is 5.88 Å². The number of hydrogen-bond donors (Lipinski definition) is 3. The molecule has 0 aliphatic heterocycles. The Bertz CT molecular complexity index is 1070. The van der Waals surface area contributed by atoms with E-state index in [0.717, 1.165) is 43.1 Å². The standard InChI is InChI=1S/C19H19ClF2N6O3S/c20-11-7-13(21)12(14(22)8-11)9-31-17-15(16(23)29)18(32-27-17)26-19(30)25-3-1-2-5-28-6-4-24-10-28/h4,6-8,10H,1-3,5,9H2,(H2,23,29)(H2,25,26,30). The van der Waals surface area contributed by atoms with Crippen molar-refractivity contribution in [1.29, 1.82) is 0 Å². The number of halogens is 3. The average Bonchev–Trinajstić information content (AvgIpc) is 3.37. The number of benzene rings is 1. The predicted molar refractivity (Wildman–Crippen MR) is 115 cm³/mol. The van der Waals surface area contributed by atoms with Crippen LogP contribution in [0.2, 0.25) is 5.02 Å². The van der Waals surface area contributed by atoms with Gasteiger partial charge in [-0.2, -0.15) is 4.37 Å². The SMILES string of the molecule is NC(=O)c1c(OCc2c(F)cc(Cl)cc2F)nsc1NC(=O)NCCCCn1ccnc1. The number of unbranched alkanes of at least 4 members (excludes halogenated alkanes) is 1. The third-order valence-electron chi connectivity index (χ3n) is 4.28. The molecule has 1 aromatic carbocycles. The zero-order valence-corrected chi connectivity index (χ0v) is 18.2.